The van der Waals surface area contributed by atoms with Crippen molar-refractivity contribution < 1.29 is 9.53 Å². The molecule has 0 radical (unpaired) electrons. The van der Waals surface area contributed by atoms with Gasteiger partial charge in [-0.3, -0.25) is 4.79 Å². The van der Waals surface area contributed by atoms with Crippen molar-refractivity contribution in [3.63, 3.8) is 0 Å². The van der Waals surface area contributed by atoms with Crippen molar-refractivity contribution in [3.8, 4) is 5.88 Å². The Morgan fingerprint density at radius 2 is 2.05 bits per heavy atom. The van der Waals surface area contributed by atoms with Gasteiger partial charge in [0.1, 0.15) is 0 Å². The summed E-state index contributed by atoms with van der Waals surface area (Å²) in [6.07, 6.45) is 0.260. The second-order valence-electron chi connectivity index (χ2n) is 4.89. The quantitative estimate of drug-likeness (QED) is 0.841. The number of rotatable bonds is 6. The summed E-state index contributed by atoms with van der Waals surface area (Å²) in [5.41, 5.74) is 9.01. The van der Waals surface area contributed by atoms with Crippen LogP contribution in [0.15, 0.2) is 24.3 Å². The number of benzene rings is 1. The van der Waals surface area contributed by atoms with Crippen molar-refractivity contribution in [2.24, 2.45) is 12.8 Å². The first-order chi connectivity index (χ1) is 10.0. The number of carbonyl (C=O) groups is 1. The van der Waals surface area contributed by atoms with Crippen LogP contribution in [-0.4, -0.2) is 22.8 Å². The molecule has 3 N–H and O–H groups in total. The molecule has 2 aromatic rings. The molecule has 0 spiro atoms. The molecule has 2 rings (SSSR count). The maximum atomic E-state index is 10.9. The van der Waals surface area contributed by atoms with E-state index in [1.807, 2.05) is 38.2 Å². The highest BCUT2D eigenvalue weighted by atomic mass is 16.5. The minimum atomic E-state index is -0.327. The Kier molecular flexibility index (Phi) is 4.47. The molecule has 0 bridgehead atoms. The molecular weight excluding hydrogens is 268 g/mol. The van der Waals surface area contributed by atoms with Crippen molar-refractivity contribution in [2.75, 3.05) is 12.4 Å². The Morgan fingerprint density at radius 3 is 2.62 bits per heavy atom. The molecule has 1 aromatic heterocycles. The summed E-state index contributed by atoms with van der Waals surface area (Å²) < 4.78 is 7.08. The molecule has 0 atom stereocenters. The van der Waals surface area contributed by atoms with Crippen molar-refractivity contribution in [3.05, 3.63) is 41.1 Å². The number of ether oxygens (including phenoxy) is 1. The summed E-state index contributed by atoms with van der Waals surface area (Å²) in [6, 6.07) is 7.63. The molecule has 0 fully saturated rings. The third-order valence-corrected chi connectivity index (χ3v) is 3.28. The number of carbonyl (C=O) groups excluding carboxylic acids is 1. The number of nitrogens with two attached hydrogens (primary N) is 1. The van der Waals surface area contributed by atoms with Crippen LogP contribution in [0.4, 0.5) is 5.69 Å². The Morgan fingerprint density at radius 1 is 1.38 bits per heavy atom. The van der Waals surface area contributed by atoms with E-state index < -0.39 is 0 Å². The van der Waals surface area contributed by atoms with Gasteiger partial charge in [-0.25, -0.2) is 4.68 Å². The summed E-state index contributed by atoms with van der Waals surface area (Å²) in [5.74, 6) is 0.428. The molecule has 1 aromatic carbocycles. The van der Waals surface area contributed by atoms with Gasteiger partial charge in [0.05, 0.1) is 24.8 Å². The molecule has 6 heteroatoms. The van der Waals surface area contributed by atoms with Crippen LogP contribution in [-0.2, 0) is 24.8 Å². The van der Waals surface area contributed by atoms with Crippen molar-refractivity contribution in [1.82, 2.24) is 9.78 Å². The molecule has 21 heavy (non-hydrogen) atoms. The zero-order chi connectivity index (χ0) is 15.4. The third kappa shape index (κ3) is 3.53. The Bertz CT molecular complexity index is 632. The van der Waals surface area contributed by atoms with Crippen LogP contribution in [0, 0.1) is 6.92 Å². The van der Waals surface area contributed by atoms with E-state index in [-0.39, 0.29) is 12.3 Å². The molecule has 0 saturated heterocycles. The number of methoxy groups -OCH3 is 1. The van der Waals surface area contributed by atoms with Gasteiger partial charge in [-0.1, -0.05) is 12.1 Å². The lowest BCUT2D eigenvalue weighted by molar-refractivity contribution is -0.117. The standard InChI is InChI=1S/C15H20N4O2/c1-10-13(15(21-3)19(2)18-10)9-17-12-6-4-11(5-7-12)8-14(16)20/h4-7,17H,8-9H2,1-3H3,(H2,16,20). The average Bonchev–Trinajstić information content (AvgIpc) is 2.71. The second-order valence-corrected chi connectivity index (χ2v) is 4.89. The highest BCUT2D eigenvalue weighted by Gasteiger charge is 2.13. The van der Waals surface area contributed by atoms with Crippen LogP contribution in [0.3, 0.4) is 0 Å². The Hall–Kier alpha value is -2.50. The fourth-order valence-corrected chi connectivity index (χ4v) is 2.27. The van der Waals surface area contributed by atoms with Gasteiger partial charge in [0.25, 0.3) is 0 Å². The molecule has 0 unspecified atom stereocenters. The van der Waals surface area contributed by atoms with Crippen LogP contribution in [0.25, 0.3) is 0 Å². The highest BCUT2D eigenvalue weighted by molar-refractivity contribution is 5.76. The number of hydrogen-bond donors (Lipinski definition) is 2. The van der Waals surface area contributed by atoms with E-state index in [2.05, 4.69) is 10.4 Å². The number of amides is 1. The average molecular weight is 288 g/mol. The fraction of sp³-hybridized carbons (Fsp3) is 0.333. The first-order valence-corrected chi connectivity index (χ1v) is 6.69. The number of aromatic nitrogens is 2. The number of nitrogens with zero attached hydrogens (tertiary/aromatic N) is 2. The van der Waals surface area contributed by atoms with Gasteiger partial charge in [0.2, 0.25) is 11.8 Å². The van der Waals surface area contributed by atoms with Gasteiger partial charge in [0, 0.05) is 19.3 Å². The molecule has 0 aliphatic rings. The number of anilines is 1. The predicted octanol–water partition coefficient (Wildman–Crippen LogP) is 1.38. The van der Waals surface area contributed by atoms with Crippen molar-refractivity contribution >= 4 is 11.6 Å². The van der Waals surface area contributed by atoms with Crippen LogP contribution in [0.1, 0.15) is 16.8 Å². The smallest absolute Gasteiger partial charge is 0.221 e. The minimum absolute atomic E-state index is 0.260. The molecule has 6 nitrogen and oxygen atoms in total. The van der Waals surface area contributed by atoms with Crippen molar-refractivity contribution in [1.29, 1.82) is 0 Å². The van der Waals surface area contributed by atoms with Crippen LogP contribution in [0.2, 0.25) is 0 Å². The first kappa shape index (κ1) is 14.9. The molecule has 1 heterocycles. The van der Waals surface area contributed by atoms with Crippen LogP contribution < -0.4 is 15.8 Å². The largest absolute Gasteiger partial charge is 0.481 e. The monoisotopic (exact) mass is 288 g/mol. The first-order valence-electron chi connectivity index (χ1n) is 6.69. The number of aryl methyl sites for hydroxylation is 2. The molecule has 0 saturated carbocycles. The summed E-state index contributed by atoms with van der Waals surface area (Å²) >= 11 is 0. The van der Waals surface area contributed by atoms with Gasteiger partial charge in [-0.05, 0) is 24.6 Å². The van der Waals surface area contributed by atoms with E-state index >= 15 is 0 Å². The van der Waals surface area contributed by atoms with Gasteiger partial charge >= 0.3 is 0 Å². The maximum absolute atomic E-state index is 10.9. The Labute approximate surface area is 123 Å². The van der Waals surface area contributed by atoms with E-state index in [9.17, 15) is 4.79 Å². The van der Waals surface area contributed by atoms with Crippen molar-refractivity contribution in [2.45, 2.75) is 19.9 Å². The third-order valence-electron chi connectivity index (χ3n) is 3.28. The molecule has 0 aliphatic carbocycles. The Balaban J connectivity index is 2.05. The normalized spacial score (nSPS) is 10.4. The van der Waals surface area contributed by atoms with Crippen LogP contribution in [0.5, 0.6) is 5.88 Å². The van der Waals surface area contributed by atoms with E-state index in [4.69, 9.17) is 10.5 Å². The van der Waals surface area contributed by atoms with E-state index in [0.717, 1.165) is 28.4 Å². The van der Waals surface area contributed by atoms with Gasteiger partial charge in [0.15, 0.2) is 0 Å². The predicted molar refractivity (Wildman–Crippen MR) is 81.2 cm³/mol. The summed E-state index contributed by atoms with van der Waals surface area (Å²) in [5, 5.41) is 7.66. The van der Waals surface area contributed by atoms with Gasteiger partial charge in [-0.2, -0.15) is 5.10 Å². The number of nitrogens with one attached hydrogen (secondary N) is 1. The summed E-state index contributed by atoms with van der Waals surface area (Å²) in [7, 11) is 3.49. The molecule has 0 aliphatic heterocycles. The number of hydrogen-bond acceptors (Lipinski definition) is 4. The van der Waals surface area contributed by atoms with E-state index in [0.29, 0.717) is 6.54 Å². The lowest BCUT2D eigenvalue weighted by atomic mass is 10.1. The number of primary amides is 1. The summed E-state index contributed by atoms with van der Waals surface area (Å²) in [6.45, 7) is 2.58. The van der Waals surface area contributed by atoms with Gasteiger partial charge < -0.3 is 15.8 Å². The second kappa shape index (κ2) is 6.30. The van der Waals surface area contributed by atoms with Crippen LogP contribution >= 0.6 is 0 Å². The lowest BCUT2D eigenvalue weighted by Crippen LogP contribution is -2.13. The fourth-order valence-electron chi connectivity index (χ4n) is 2.27. The molecule has 112 valence electrons. The van der Waals surface area contributed by atoms with E-state index in [1.165, 1.54) is 0 Å². The maximum Gasteiger partial charge on any atom is 0.221 e. The lowest BCUT2D eigenvalue weighted by Gasteiger charge is -2.09. The minimum Gasteiger partial charge on any atom is -0.481 e. The van der Waals surface area contributed by atoms with Gasteiger partial charge in [-0.15, -0.1) is 0 Å². The summed E-state index contributed by atoms with van der Waals surface area (Å²) in [4.78, 5) is 10.9. The zero-order valence-corrected chi connectivity index (χ0v) is 12.5. The topological polar surface area (TPSA) is 82.2 Å². The highest BCUT2D eigenvalue weighted by Crippen LogP contribution is 2.22. The molecular formula is C15H20N4O2. The zero-order valence-electron chi connectivity index (χ0n) is 12.5. The molecule has 1 amide bonds. The van der Waals surface area contributed by atoms with E-state index in [1.54, 1.807) is 11.8 Å². The SMILES string of the molecule is COc1c(CNc2ccc(CC(N)=O)cc2)c(C)nn1C.